The van der Waals surface area contributed by atoms with E-state index < -0.39 is 12.1 Å². The molecule has 2 aliphatic heterocycles. The molecule has 4 nitrogen and oxygen atoms in total. The Bertz CT molecular complexity index is 320. The van der Waals surface area contributed by atoms with Crippen LogP contribution in [-0.4, -0.2) is 47.3 Å². The van der Waals surface area contributed by atoms with E-state index in [0.29, 0.717) is 6.42 Å². The highest BCUT2D eigenvalue weighted by Crippen LogP contribution is 2.37. The third kappa shape index (κ3) is 2.41. The van der Waals surface area contributed by atoms with Gasteiger partial charge < -0.3 is 9.84 Å². The number of carboxylic acids is 1. The SMILES string of the molecule is O=C(O)C1CCC(CN2CCCC3CCCC32)O1. The van der Waals surface area contributed by atoms with Crippen molar-refractivity contribution in [2.75, 3.05) is 13.1 Å². The van der Waals surface area contributed by atoms with Crippen molar-refractivity contribution in [1.82, 2.24) is 4.90 Å². The van der Waals surface area contributed by atoms with Crippen molar-refractivity contribution < 1.29 is 14.6 Å². The molecule has 0 spiro atoms. The van der Waals surface area contributed by atoms with Gasteiger partial charge in [-0.2, -0.15) is 0 Å². The largest absolute Gasteiger partial charge is 0.479 e. The molecule has 4 unspecified atom stereocenters. The zero-order chi connectivity index (χ0) is 12.5. The normalized spacial score (nSPS) is 40.9. The van der Waals surface area contributed by atoms with Gasteiger partial charge in [0.2, 0.25) is 0 Å². The minimum absolute atomic E-state index is 0.144. The molecular formula is C14H23NO3. The van der Waals surface area contributed by atoms with Gasteiger partial charge in [-0.3, -0.25) is 4.90 Å². The number of aliphatic carboxylic acids is 1. The Balaban J connectivity index is 1.55. The number of likely N-dealkylation sites (tertiary alicyclic amines) is 1. The number of hydrogen-bond acceptors (Lipinski definition) is 3. The molecule has 1 aliphatic carbocycles. The lowest BCUT2D eigenvalue weighted by molar-refractivity contribution is -0.150. The Morgan fingerprint density at radius 2 is 2.00 bits per heavy atom. The lowest BCUT2D eigenvalue weighted by Crippen LogP contribution is -2.46. The van der Waals surface area contributed by atoms with Gasteiger partial charge in [0.05, 0.1) is 6.10 Å². The van der Waals surface area contributed by atoms with E-state index >= 15 is 0 Å². The summed E-state index contributed by atoms with van der Waals surface area (Å²) in [4.78, 5) is 13.5. The quantitative estimate of drug-likeness (QED) is 0.834. The van der Waals surface area contributed by atoms with E-state index in [1.165, 1.54) is 38.6 Å². The van der Waals surface area contributed by atoms with Gasteiger partial charge in [0.25, 0.3) is 0 Å². The van der Waals surface area contributed by atoms with Crippen LogP contribution in [0.2, 0.25) is 0 Å². The molecule has 0 bridgehead atoms. The highest BCUT2D eigenvalue weighted by molar-refractivity contribution is 5.72. The minimum Gasteiger partial charge on any atom is -0.479 e. The monoisotopic (exact) mass is 253 g/mol. The van der Waals surface area contributed by atoms with Crippen LogP contribution in [-0.2, 0) is 9.53 Å². The van der Waals surface area contributed by atoms with Crippen LogP contribution in [0.1, 0.15) is 44.9 Å². The first kappa shape index (κ1) is 12.4. The molecule has 0 amide bonds. The summed E-state index contributed by atoms with van der Waals surface area (Å²) in [7, 11) is 0. The highest BCUT2D eigenvalue weighted by atomic mass is 16.5. The van der Waals surface area contributed by atoms with E-state index in [-0.39, 0.29) is 6.10 Å². The molecule has 1 saturated carbocycles. The molecule has 4 heteroatoms. The summed E-state index contributed by atoms with van der Waals surface area (Å²) in [6.07, 6.45) is 7.97. The Kier molecular flexibility index (Phi) is 3.57. The summed E-state index contributed by atoms with van der Waals surface area (Å²) in [5.74, 6) is 0.102. The fourth-order valence-corrected chi connectivity index (χ4v) is 4.07. The van der Waals surface area contributed by atoms with Crippen molar-refractivity contribution in [2.24, 2.45) is 5.92 Å². The van der Waals surface area contributed by atoms with Crippen molar-refractivity contribution >= 4 is 5.97 Å². The van der Waals surface area contributed by atoms with Crippen molar-refractivity contribution in [3.63, 3.8) is 0 Å². The van der Waals surface area contributed by atoms with Crippen LogP contribution in [0.25, 0.3) is 0 Å². The first-order valence-electron chi connectivity index (χ1n) is 7.36. The molecule has 3 fully saturated rings. The van der Waals surface area contributed by atoms with E-state index in [4.69, 9.17) is 9.84 Å². The standard InChI is InChI=1S/C14H23NO3/c16-14(17)13-7-6-11(18-13)9-15-8-2-4-10-3-1-5-12(10)15/h10-13H,1-9H2,(H,16,17). The lowest BCUT2D eigenvalue weighted by atomic mass is 9.91. The van der Waals surface area contributed by atoms with Gasteiger partial charge in [0, 0.05) is 12.6 Å². The smallest absolute Gasteiger partial charge is 0.332 e. The molecule has 3 aliphatic rings. The number of hydrogen-bond donors (Lipinski definition) is 1. The van der Waals surface area contributed by atoms with Crippen LogP contribution in [0.4, 0.5) is 0 Å². The second-order valence-corrected chi connectivity index (χ2v) is 6.06. The van der Waals surface area contributed by atoms with Gasteiger partial charge in [0.1, 0.15) is 0 Å². The maximum absolute atomic E-state index is 10.9. The maximum Gasteiger partial charge on any atom is 0.332 e. The number of piperidine rings is 1. The maximum atomic E-state index is 10.9. The van der Waals surface area contributed by atoms with Crippen molar-refractivity contribution in [3.05, 3.63) is 0 Å². The molecule has 1 N–H and O–H groups in total. The highest BCUT2D eigenvalue weighted by Gasteiger charge is 2.38. The zero-order valence-corrected chi connectivity index (χ0v) is 10.9. The van der Waals surface area contributed by atoms with Crippen LogP contribution in [0, 0.1) is 5.92 Å². The first-order valence-corrected chi connectivity index (χ1v) is 7.36. The molecule has 0 aromatic carbocycles. The van der Waals surface area contributed by atoms with Gasteiger partial charge in [-0.05, 0) is 51.0 Å². The van der Waals surface area contributed by atoms with Crippen LogP contribution in [0.15, 0.2) is 0 Å². The number of rotatable bonds is 3. The fraction of sp³-hybridized carbons (Fsp3) is 0.929. The zero-order valence-electron chi connectivity index (χ0n) is 10.9. The second kappa shape index (κ2) is 5.17. The molecule has 2 heterocycles. The summed E-state index contributed by atoms with van der Waals surface area (Å²) in [5, 5.41) is 8.95. The van der Waals surface area contributed by atoms with Gasteiger partial charge in [-0.1, -0.05) is 6.42 Å². The van der Waals surface area contributed by atoms with E-state index in [1.807, 2.05) is 0 Å². The summed E-state index contributed by atoms with van der Waals surface area (Å²) in [6.45, 7) is 2.13. The fourth-order valence-electron chi connectivity index (χ4n) is 4.07. The Morgan fingerprint density at radius 1 is 1.17 bits per heavy atom. The summed E-state index contributed by atoms with van der Waals surface area (Å²) in [6, 6.07) is 0.756. The first-order chi connectivity index (χ1) is 8.74. The predicted octanol–water partition coefficient (Wildman–Crippen LogP) is 1.88. The van der Waals surface area contributed by atoms with E-state index in [9.17, 15) is 4.79 Å². The Labute approximate surface area is 108 Å². The molecule has 2 saturated heterocycles. The van der Waals surface area contributed by atoms with Crippen molar-refractivity contribution in [1.29, 1.82) is 0 Å². The third-order valence-corrected chi connectivity index (χ3v) is 4.93. The molecular weight excluding hydrogens is 230 g/mol. The van der Waals surface area contributed by atoms with Crippen LogP contribution in [0.5, 0.6) is 0 Å². The van der Waals surface area contributed by atoms with Crippen LogP contribution >= 0.6 is 0 Å². The van der Waals surface area contributed by atoms with E-state index in [0.717, 1.165) is 24.9 Å². The number of nitrogens with zero attached hydrogens (tertiary/aromatic N) is 1. The third-order valence-electron chi connectivity index (χ3n) is 4.93. The van der Waals surface area contributed by atoms with Crippen molar-refractivity contribution in [2.45, 2.75) is 63.2 Å². The molecule has 3 rings (SSSR count). The summed E-state index contributed by atoms with van der Waals surface area (Å²) >= 11 is 0. The minimum atomic E-state index is -0.796. The molecule has 4 atom stereocenters. The number of carbonyl (C=O) groups is 1. The van der Waals surface area contributed by atoms with Gasteiger partial charge in [-0.25, -0.2) is 4.79 Å². The topological polar surface area (TPSA) is 49.8 Å². The van der Waals surface area contributed by atoms with E-state index in [1.54, 1.807) is 0 Å². The second-order valence-electron chi connectivity index (χ2n) is 6.06. The van der Waals surface area contributed by atoms with Crippen LogP contribution in [0.3, 0.4) is 0 Å². The van der Waals surface area contributed by atoms with Gasteiger partial charge in [-0.15, -0.1) is 0 Å². The molecule has 18 heavy (non-hydrogen) atoms. The van der Waals surface area contributed by atoms with Gasteiger partial charge in [0.15, 0.2) is 6.10 Å². The Morgan fingerprint density at radius 3 is 2.78 bits per heavy atom. The van der Waals surface area contributed by atoms with Crippen molar-refractivity contribution in [3.8, 4) is 0 Å². The lowest BCUT2D eigenvalue weighted by Gasteiger charge is -2.38. The molecule has 0 aromatic rings. The molecule has 102 valence electrons. The predicted molar refractivity (Wildman–Crippen MR) is 67.5 cm³/mol. The molecule has 0 radical (unpaired) electrons. The number of carboxylic acid groups (broad SMARTS) is 1. The average molecular weight is 253 g/mol. The van der Waals surface area contributed by atoms with Gasteiger partial charge >= 0.3 is 5.97 Å². The number of ether oxygens (including phenoxy) is 1. The Hall–Kier alpha value is -0.610. The summed E-state index contributed by atoms with van der Waals surface area (Å²) < 4.78 is 5.63. The van der Waals surface area contributed by atoms with E-state index in [2.05, 4.69) is 4.90 Å². The number of fused-ring (bicyclic) bond motifs is 1. The summed E-state index contributed by atoms with van der Waals surface area (Å²) in [5.41, 5.74) is 0. The molecule has 0 aromatic heterocycles. The average Bonchev–Trinajstić information content (AvgIpc) is 2.97. The van der Waals surface area contributed by atoms with Crippen LogP contribution < -0.4 is 0 Å².